The molecule has 2 aliphatic carbocycles. The molecule has 2 aromatic rings. The molecule has 2 aliphatic heterocycles. The topological polar surface area (TPSA) is 74.6 Å². The number of hydrogen-bond acceptors (Lipinski definition) is 3. The van der Waals surface area contributed by atoms with E-state index in [9.17, 15) is 9.59 Å². The van der Waals surface area contributed by atoms with E-state index in [1.165, 1.54) is 0 Å². The minimum absolute atomic E-state index is 0.0761. The van der Waals surface area contributed by atoms with Crippen LogP contribution in [0.25, 0.3) is 11.0 Å². The first-order valence-electron chi connectivity index (χ1n) is 10.4. The van der Waals surface area contributed by atoms with E-state index in [0.717, 1.165) is 56.1 Å². The van der Waals surface area contributed by atoms with Crippen molar-refractivity contribution in [2.24, 2.45) is 11.8 Å². The summed E-state index contributed by atoms with van der Waals surface area (Å²) in [7, 11) is 0. The molecular formula is C22H22ClN3O3. The van der Waals surface area contributed by atoms with Crippen LogP contribution in [-0.2, 0) is 5.54 Å². The number of fused-ring (bicyclic) bond motifs is 5. The van der Waals surface area contributed by atoms with Crippen molar-refractivity contribution in [1.29, 1.82) is 0 Å². The van der Waals surface area contributed by atoms with Gasteiger partial charge in [0.15, 0.2) is 5.76 Å². The summed E-state index contributed by atoms with van der Waals surface area (Å²) in [5, 5.41) is 7.30. The van der Waals surface area contributed by atoms with Gasteiger partial charge >= 0.3 is 6.03 Å². The molecule has 0 bridgehead atoms. The summed E-state index contributed by atoms with van der Waals surface area (Å²) in [6, 6.07) is 3.35. The van der Waals surface area contributed by atoms with Crippen molar-refractivity contribution < 1.29 is 14.0 Å². The van der Waals surface area contributed by atoms with E-state index in [1.54, 1.807) is 12.1 Å². The number of halogens is 1. The number of hydrogen-bond donors (Lipinski definition) is 2. The van der Waals surface area contributed by atoms with Crippen LogP contribution in [0.4, 0.5) is 10.5 Å². The van der Waals surface area contributed by atoms with Gasteiger partial charge in [-0.15, -0.1) is 0 Å². The molecule has 2 atom stereocenters. The first-order valence-corrected chi connectivity index (χ1v) is 10.8. The summed E-state index contributed by atoms with van der Waals surface area (Å²) in [5.74, 6) is 1.23. The van der Waals surface area contributed by atoms with E-state index in [-0.39, 0.29) is 11.9 Å². The van der Waals surface area contributed by atoms with Crippen molar-refractivity contribution >= 4 is 40.2 Å². The Morgan fingerprint density at radius 2 is 1.86 bits per heavy atom. The molecule has 7 heteroatoms. The molecule has 1 saturated carbocycles. The smallest absolute Gasteiger partial charge is 0.319 e. The van der Waals surface area contributed by atoms with E-state index in [4.69, 9.17) is 16.0 Å². The number of rotatable bonds is 1. The van der Waals surface area contributed by atoms with Crippen molar-refractivity contribution in [3.8, 4) is 0 Å². The third-order valence-electron chi connectivity index (χ3n) is 7.05. The standard InChI is InChI=1S/C22H22ClN3O3/c23-15-8-14-9-16(20(27)26-10-12-4-5-13(12)11-26)29-19(14)17-18(15)24-21(28)25-22(17)6-2-1-3-7-22/h4-5,8-9,12-13H,1-3,6-7,10-11H2,(H2,24,25,28)/t12-,13+. The molecule has 4 aliphatic rings. The van der Waals surface area contributed by atoms with E-state index in [0.29, 0.717) is 33.9 Å². The van der Waals surface area contributed by atoms with E-state index in [2.05, 4.69) is 22.8 Å². The number of amides is 3. The van der Waals surface area contributed by atoms with Crippen LogP contribution in [0.2, 0.25) is 5.02 Å². The van der Waals surface area contributed by atoms with Gasteiger partial charge in [-0.2, -0.15) is 0 Å². The number of carbonyl (C=O) groups is 2. The zero-order valence-electron chi connectivity index (χ0n) is 16.0. The number of nitrogens with zero attached hydrogens (tertiary/aromatic N) is 1. The Labute approximate surface area is 173 Å². The zero-order chi connectivity index (χ0) is 19.8. The molecule has 2 N–H and O–H groups in total. The summed E-state index contributed by atoms with van der Waals surface area (Å²) in [6.45, 7) is 1.49. The van der Waals surface area contributed by atoms with Crippen LogP contribution in [0.15, 0.2) is 28.7 Å². The van der Waals surface area contributed by atoms with E-state index >= 15 is 0 Å². The summed E-state index contributed by atoms with van der Waals surface area (Å²) in [5.41, 5.74) is 1.67. The highest BCUT2D eigenvalue weighted by molar-refractivity contribution is 6.35. The highest BCUT2D eigenvalue weighted by Crippen LogP contribution is 2.49. The van der Waals surface area contributed by atoms with Gasteiger partial charge in [0.2, 0.25) is 0 Å². The van der Waals surface area contributed by atoms with Crippen molar-refractivity contribution in [3.63, 3.8) is 0 Å². The molecule has 0 unspecified atom stereocenters. The molecule has 1 saturated heterocycles. The molecule has 3 amide bonds. The Morgan fingerprint density at radius 3 is 2.55 bits per heavy atom. The van der Waals surface area contributed by atoms with Gasteiger partial charge in [0.25, 0.3) is 5.91 Å². The summed E-state index contributed by atoms with van der Waals surface area (Å²) in [4.78, 5) is 27.3. The van der Waals surface area contributed by atoms with Crippen LogP contribution in [0.1, 0.15) is 48.2 Å². The van der Waals surface area contributed by atoms with Gasteiger partial charge in [0.1, 0.15) is 5.58 Å². The molecule has 29 heavy (non-hydrogen) atoms. The van der Waals surface area contributed by atoms with Crippen LogP contribution in [0, 0.1) is 11.8 Å². The molecule has 1 aromatic carbocycles. The highest BCUT2D eigenvalue weighted by atomic mass is 35.5. The monoisotopic (exact) mass is 411 g/mol. The number of furan rings is 1. The lowest BCUT2D eigenvalue weighted by molar-refractivity contribution is 0.0758. The Balaban J connectivity index is 1.47. The summed E-state index contributed by atoms with van der Waals surface area (Å²) in [6.07, 6.45) is 9.24. The van der Waals surface area contributed by atoms with Gasteiger partial charge in [-0.05, 0) is 25.0 Å². The Hall–Kier alpha value is -2.47. The fourth-order valence-corrected chi connectivity index (χ4v) is 5.77. The average molecular weight is 412 g/mol. The highest BCUT2D eigenvalue weighted by Gasteiger charge is 2.44. The maximum Gasteiger partial charge on any atom is 0.319 e. The largest absolute Gasteiger partial charge is 0.450 e. The van der Waals surface area contributed by atoms with Crippen molar-refractivity contribution in [1.82, 2.24) is 10.2 Å². The lowest BCUT2D eigenvalue weighted by Crippen LogP contribution is -2.52. The third-order valence-corrected chi connectivity index (χ3v) is 7.35. The fourth-order valence-electron chi connectivity index (χ4n) is 5.51. The first kappa shape index (κ1) is 17.4. The minimum Gasteiger partial charge on any atom is -0.450 e. The molecule has 3 heterocycles. The van der Waals surface area contributed by atoms with E-state index in [1.807, 2.05) is 4.90 Å². The zero-order valence-corrected chi connectivity index (χ0v) is 16.7. The second kappa shape index (κ2) is 6.02. The van der Waals surface area contributed by atoms with Crippen molar-refractivity contribution in [2.75, 3.05) is 18.4 Å². The van der Waals surface area contributed by atoms with Crippen LogP contribution in [0.5, 0.6) is 0 Å². The quantitative estimate of drug-likeness (QED) is 0.671. The SMILES string of the molecule is O=C1Nc2c(Cl)cc3cc(C(=O)N4C[C@H]5C=C[C@H]5C4)oc3c2C2(CCCCC2)N1. The summed E-state index contributed by atoms with van der Waals surface area (Å²) < 4.78 is 6.19. The van der Waals surface area contributed by atoms with Gasteiger partial charge in [-0.25, -0.2) is 4.79 Å². The van der Waals surface area contributed by atoms with Crippen LogP contribution in [0.3, 0.4) is 0 Å². The van der Waals surface area contributed by atoms with Gasteiger partial charge in [0, 0.05) is 35.9 Å². The maximum atomic E-state index is 13.1. The number of carbonyl (C=O) groups excluding carboxylic acids is 2. The average Bonchev–Trinajstić information content (AvgIpc) is 3.23. The van der Waals surface area contributed by atoms with Crippen molar-refractivity contribution in [2.45, 2.75) is 37.6 Å². The first-order chi connectivity index (χ1) is 14.0. The maximum absolute atomic E-state index is 13.1. The molecule has 0 radical (unpaired) electrons. The fraction of sp³-hybridized carbons (Fsp3) is 0.455. The predicted octanol–water partition coefficient (Wildman–Crippen LogP) is 4.64. The van der Waals surface area contributed by atoms with Crippen molar-refractivity contribution in [3.05, 3.63) is 40.6 Å². The Morgan fingerprint density at radius 1 is 1.14 bits per heavy atom. The normalized spacial score (nSPS) is 26.7. The molecule has 1 aromatic heterocycles. The molecule has 2 fully saturated rings. The second-order valence-electron chi connectivity index (χ2n) is 8.78. The molecule has 6 rings (SSSR count). The lowest BCUT2D eigenvalue weighted by atomic mass is 9.74. The molecular weight excluding hydrogens is 390 g/mol. The number of urea groups is 1. The third kappa shape index (κ3) is 2.48. The number of benzene rings is 1. The predicted molar refractivity (Wildman–Crippen MR) is 110 cm³/mol. The molecule has 6 nitrogen and oxygen atoms in total. The van der Waals surface area contributed by atoms with Crippen LogP contribution < -0.4 is 10.6 Å². The Bertz CT molecular complexity index is 1070. The lowest BCUT2D eigenvalue weighted by Gasteiger charge is -2.42. The van der Waals surface area contributed by atoms with Gasteiger partial charge in [-0.3, -0.25) is 4.79 Å². The van der Waals surface area contributed by atoms with Gasteiger partial charge < -0.3 is 20.0 Å². The summed E-state index contributed by atoms with van der Waals surface area (Å²) >= 11 is 6.56. The second-order valence-corrected chi connectivity index (χ2v) is 9.19. The number of anilines is 1. The van der Waals surface area contributed by atoms with Crippen LogP contribution >= 0.6 is 11.6 Å². The molecule has 150 valence electrons. The van der Waals surface area contributed by atoms with Crippen LogP contribution in [-0.4, -0.2) is 29.9 Å². The van der Waals surface area contributed by atoms with E-state index < -0.39 is 5.54 Å². The Kier molecular flexibility index (Phi) is 3.61. The number of likely N-dealkylation sites (tertiary alicyclic amines) is 1. The minimum atomic E-state index is -0.492. The van der Waals surface area contributed by atoms with Gasteiger partial charge in [-0.1, -0.05) is 43.0 Å². The number of nitrogens with one attached hydrogen (secondary N) is 2. The molecule has 1 spiro atoms. The van der Waals surface area contributed by atoms with Gasteiger partial charge in [0.05, 0.1) is 16.2 Å².